The van der Waals surface area contributed by atoms with Crippen molar-refractivity contribution in [3.8, 4) is 5.75 Å². The van der Waals surface area contributed by atoms with Gasteiger partial charge in [-0.05, 0) is 63.1 Å². The third-order valence-electron chi connectivity index (χ3n) is 4.70. The average molecular weight is 404 g/mol. The van der Waals surface area contributed by atoms with Crippen LogP contribution in [0.5, 0.6) is 5.75 Å². The van der Waals surface area contributed by atoms with Crippen LogP contribution in [0.2, 0.25) is 5.02 Å². The van der Waals surface area contributed by atoms with Crippen molar-refractivity contribution >= 4 is 29.3 Å². The third-order valence-corrected chi connectivity index (χ3v) is 6.33. The number of nitrogens with one attached hydrogen (secondary N) is 1. The normalized spacial score (nSPS) is 18.9. The SMILES string of the molecule is CC[C@@H](Sc1ccc(Cl)cc1)C(=O)N[C@H]1CC(C)(C)Oc2cc(C)ccc21. The Hall–Kier alpha value is -1.65. The molecule has 0 fully saturated rings. The van der Waals surface area contributed by atoms with E-state index in [0.29, 0.717) is 5.02 Å². The van der Waals surface area contributed by atoms with Crippen molar-refractivity contribution < 1.29 is 9.53 Å². The van der Waals surface area contributed by atoms with Gasteiger partial charge in [-0.3, -0.25) is 4.79 Å². The van der Waals surface area contributed by atoms with Gasteiger partial charge in [0, 0.05) is 21.9 Å². The van der Waals surface area contributed by atoms with Crippen molar-refractivity contribution in [1.29, 1.82) is 0 Å². The Kier molecular flexibility index (Phi) is 6.07. The lowest BCUT2D eigenvalue weighted by Crippen LogP contribution is -2.43. The maximum atomic E-state index is 13.0. The summed E-state index contributed by atoms with van der Waals surface area (Å²) in [4.78, 5) is 14.0. The van der Waals surface area contributed by atoms with Crippen LogP contribution >= 0.6 is 23.4 Å². The first-order chi connectivity index (χ1) is 12.8. The smallest absolute Gasteiger partial charge is 0.233 e. The first-order valence-electron chi connectivity index (χ1n) is 9.29. The molecule has 1 heterocycles. The molecule has 5 heteroatoms. The first-order valence-corrected chi connectivity index (χ1v) is 10.6. The van der Waals surface area contributed by atoms with Gasteiger partial charge in [-0.25, -0.2) is 0 Å². The molecular weight excluding hydrogens is 378 g/mol. The summed E-state index contributed by atoms with van der Waals surface area (Å²) in [5, 5.41) is 3.82. The number of halogens is 1. The minimum atomic E-state index is -0.316. The van der Waals surface area contributed by atoms with Gasteiger partial charge in [0.15, 0.2) is 0 Å². The molecule has 0 saturated heterocycles. The molecule has 0 unspecified atom stereocenters. The monoisotopic (exact) mass is 403 g/mol. The first kappa shape index (κ1) is 20.1. The Balaban J connectivity index is 1.76. The summed E-state index contributed by atoms with van der Waals surface area (Å²) in [6.07, 6.45) is 1.50. The van der Waals surface area contributed by atoms with E-state index in [4.69, 9.17) is 16.3 Å². The van der Waals surface area contributed by atoms with Crippen LogP contribution < -0.4 is 10.1 Å². The van der Waals surface area contributed by atoms with Gasteiger partial charge in [-0.15, -0.1) is 11.8 Å². The van der Waals surface area contributed by atoms with E-state index in [1.165, 1.54) is 0 Å². The van der Waals surface area contributed by atoms with Crippen LogP contribution in [-0.2, 0) is 4.79 Å². The van der Waals surface area contributed by atoms with Crippen LogP contribution in [0, 0.1) is 6.92 Å². The van der Waals surface area contributed by atoms with Gasteiger partial charge in [0.25, 0.3) is 0 Å². The maximum absolute atomic E-state index is 13.0. The lowest BCUT2D eigenvalue weighted by molar-refractivity contribution is -0.121. The standard InChI is InChI=1S/C22H26ClNO2S/c1-5-20(27-16-9-7-15(23)8-10-16)21(25)24-18-13-22(3,4)26-19-12-14(2)6-11-17(18)19/h6-12,18,20H,5,13H2,1-4H3,(H,24,25)/t18-,20+/m0/s1. The molecular formula is C22H26ClNO2S. The number of ether oxygens (including phenoxy) is 1. The van der Waals surface area contributed by atoms with Gasteiger partial charge in [-0.2, -0.15) is 0 Å². The van der Waals surface area contributed by atoms with Crippen molar-refractivity contribution in [3.05, 3.63) is 58.6 Å². The molecule has 2 aromatic carbocycles. The minimum absolute atomic E-state index is 0.0447. The van der Waals surface area contributed by atoms with E-state index in [1.807, 2.05) is 31.2 Å². The number of fused-ring (bicyclic) bond motifs is 1. The zero-order valence-corrected chi connectivity index (χ0v) is 17.8. The zero-order valence-electron chi connectivity index (χ0n) is 16.2. The highest BCUT2D eigenvalue weighted by Crippen LogP contribution is 2.40. The molecule has 144 valence electrons. The number of aryl methyl sites for hydroxylation is 1. The molecule has 3 rings (SSSR count). The summed E-state index contributed by atoms with van der Waals surface area (Å²) in [7, 11) is 0. The number of amides is 1. The van der Waals surface area contributed by atoms with E-state index in [9.17, 15) is 4.79 Å². The maximum Gasteiger partial charge on any atom is 0.233 e. The number of carbonyl (C=O) groups is 1. The fourth-order valence-electron chi connectivity index (χ4n) is 3.35. The van der Waals surface area contributed by atoms with E-state index in [-0.39, 0.29) is 22.8 Å². The summed E-state index contributed by atoms with van der Waals surface area (Å²) < 4.78 is 6.14. The van der Waals surface area contributed by atoms with Crippen molar-refractivity contribution in [2.24, 2.45) is 0 Å². The van der Waals surface area contributed by atoms with Crippen LogP contribution in [0.3, 0.4) is 0 Å². The van der Waals surface area contributed by atoms with E-state index < -0.39 is 0 Å². The second kappa shape index (κ2) is 8.15. The number of thioether (sulfide) groups is 1. The molecule has 0 aliphatic carbocycles. The van der Waals surface area contributed by atoms with Crippen LogP contribution in [0.15, 0.2) is 47.4 Å². The largest absolute Gasteiger partial charge is 0.487 e. The van der Waals surface area contributed by atoms with Crippen molar-refractivity contribution in [2.45, 2.75) is 62.3 Å². The molecule has 1 N–H and O–H groups in total. The predicted molar refractivity (Wildman–Crippen MR) is 113 cm³/mol. The van der Waals surface area contributed by atoms with Crippen molar-refractivity contribution in [2.75, 3.05) is 0 Å². The summed E-state index contributed by atoms with van der Waals surface area (Å²) in [6, 6.07) is 13.8. The summed E-state index contributed by atoms with van der Waals surface area (Å²) >= 11 is 7.53. The second-order valence-corrected chi connectivity index (χ2v) is 9.35. The number of rotatable bonds is 5. The van der Waals surface area contributed by atoms with E-state index in [2.05, 4.69) is 44.3 Å². The molecule has 3 nitrogen and oxygen atoms in total. The Labute approximate surface area is 170 Å². The van der Waals surface area contributed by atoms with Gasteiger partial charge in [0.1, 0.15) is 11.4 Å². The van der Waals surface area contributed by atoms with E-state index in [0.717, 1.165) is 34.6 Å². The highest BCUT2D eigenvalue weighted by molar-refractivity contribution is 8.00. The van der Waals surface area contributed by atoms with Crippen molar-refractivity contribution in [3.63, 3.8) is 0 Å². The number of hydrogen-bond acceptors (Lipinski definition) is 3. The molecule has 27 heavy (non-hydrogen) atoms. The highest BCUT2D eigenvalue weighted by atomic mass is 35.5. The van der Waals surface area contributed by atoms with E-state index in [1.54, 1.807) is 11.8 Å². The summed E-state index contributed by atoms with van der Waals surface area (Å²) in [5.41, 5.74) is 1.89. The van der Waals surface area contributed by atoms with Gasteiger partial charge in [0.05, 0.1) is 11.3 Å². The summed E-state index contributed by atoms with van der Waals surface area (Å²) in [6.45, 7) is 8.22. The van der Waals surface area contributed by atoms with Crippen LogP contribution in [0.25, 0.3) is 0 Å². The number of carbonyl (C=O) groups excluding carboxylic acids is 1. The fourth-order valence-corrected chi connectivity index (χ4v) is 4.44. The molecule has 2 aromatic rings. The van der Waals surface area contributed by atoms with Gasteiger partial charge in [0.2, 0.25) is 5.91 Å². The topological polar surface area (TPSA) is 38.3 Å². The Morgan fingerprint density at radius 1 is 1.30 bits per heavy atom. The lowest BCUT2D eigenvalue weighted by atomic mass is 9.89. The van der Waals surface area contributed by atoms with Gasteiger partial charge < -0.3 is 10.1 Å². The number of benzene rings is 2. The van der Waals surface area contributed by atoms with Crippen LogP contribution in [-0.4, -0.2) is 16.8 Å². The molecule has 2 atom stereocenters. The van der Waals surface area contributed by atoms with Crippen LogP contribution in [0.1, 0.15) is 50.8 Å². The second-order valence-electron chi connectivity index (χ2n) is 7.64. The van der Waals surface area contributed by atoms with Gasteiger partial charge >= 0.3 is 0 Å². The molecule has 1 aliphatic rings. The quantitative estimate of drug-likeness (QED) is 0.628. The molecule has 1 aliphatic heterocycles. The van der Waals surface area contributed by atoms with Gasteiger partial charge in [-0.1, -0.05) is 30.7 Å². The lowest BCUT2D eigenvalue weighted by Gasteiger charge is -2.38. The molecule has 0 radical (unpaired) electrons. The molecule has 0 bridgehead atoms. The Morgan fingerprint density at radius 2 is 2.00 bits per heavy atom. The van der Waals surface area contributed by atoms with Crippen LogP contribution in [0.4, 0.5) is 0 Å². The predicted octanol–water partition coefficient (Wildman–Crippen LogP) is 5.94. The summed E-state index contributed by atoms with van der Waals surface area (Å²) in [5.74, 6) is 0.932. The average Bonchev–Trinajstić information content (AvgIpc) is 2.59. The Bertz CT molecular complexity index is 820. The fraction of sp³-hybridized carbons (Fsp3) is 0.409. The highest BCUT2D eigenvalue weighted by Gasteiger charge is 2.35. The minimum Gasteiger partial charge on any atom is -0.487 e. The van der Waals surface area contributed by atoms with E-state index >= 15 is 0 Å². The molecule has 0 saturated carbocycles. The van der Waals surface area contributed by atoms with Crippen molar-refractivity contribution in [1.82, 2.24) is 5.32 Å². The number of hydrogen-bond donors (Lipinski definition) is 1. The molecule has 0 aromatic heterocycles. The molecule has 0 spiro atoms. The Morgan fingerprint density at radius 3 is 2.67 bits per heavy atom. The third kappa shape index (κ3) is 4.99. The zero-order chi connectivity index (χ0) is 19.6. The molecule has 1 amide bonds.